The smallest absolute Gasteiger partial charge is 0.322 e. The van der Waals surface area contributed by atoms with Gasteiger partial charge in [-0.15, -0.1) is 0 Å². The van der Waals surface area contributed by atoms with E-state index in [2.05, 4.69) is 10.2 Å². The standard InChI is InChI=1S/C12H16N4O3/c1-14-6-8-15(9-7-14)12(17)13-10-4-2-3-5-11(10)16(18)19/h2-5H,6-9H2,1H3,(H,13,17). The number of likely N-dealkylation sites (N-methyl/N-ethyl adjacent to an activating group) is 1. The summed E-state index contributed by atoms with van der Waals surface area (Å²) in [5.41, 5.74) is 0.140. The second-order valence-corrected chi connectivity index (χ2v) is 4.49. The van der Waals surface area contributed by atoms with Gasteiger partial charge >= 0.3 is 6.03 Å². The Morgan fingerprint density at radius 1 is 1.26 bits per heavy atom. The maximum atomic E-state index is 12.0. The number of nitrogens with one attached hydrogen (secondary N) is 1. The number of carbonyl (C=O) groups excluding carboxylic acids is 1. The Labute approximate surface area is 110 Å². The van der Waals surface area contributed by atoms with Crippen molar-refractivity contribution in [1.29, 1.82) is 0 Å². The monoisotopic (exact) mass is 264 g/mol. The first-order valence-electron chi connectivity index (χ1n) is 6.06. The Kier molecular flexibility index (Phi) is 3.96. The molecule has 102 valence electrons. The molecule has 0 aromatic heterocycles. The Morgan fingerprint density at radius 3 is 2.53 bits per heavy atom. The molecule has 1 heterocycles. The van der Waals surface area contributed by atoms with Gasteiger partial charge in [0.1, 0.15) is 5.69 Å². The molecule has 7 nitrogen and oxygen atoms in total. The van der Waals surface area contributed by atoms with Crippen LogP contribution in [0, 0.1) is 10.1 Å². The van der Waals surface area contributed by atoms with Crippen molar-refractivity contribution in [3.05, 3.63) is 34.4 Å². The highest BCUT2D eigenvalue weighted by Gasteiger charge is 2.21. The maximum absolute atomic E-state index is 12.0. The van der Waals surface area contributed by atoms with Crippen molar-refractivity contribution in [1.82, 2.24) is 9.80 Å². The molecule has 0 bridgehead atoms. The van der Waals surface area contributed by atoms with Crippen molar-refractivity contribution < 1.29 is 9.72 Å². The van der Waals surface area contributed by atoms with E-state index in [0.29, 0.717) is 13.1 Å². The first kappa shape index (κ1) is 13.3. The second kappa shape index (κ2) is 5.66. The molecule has 0 aliphatic carbocycles. The van der Waals surface area contributed by atoms with Gasteiger partial charge in [0.15, 0.2) is 0 Å². The lowest BCUT2D eigenvalue weighted by Crippen LogP contribution is -2.48. The van der Waals surface area contributed by atoms with E-state index < -0.39 is 4.92 Å². The molecule has 0 spiro atoms. The van der Waals surface area contributed by atoms with E-state index in [-0.39, 0.29) is 17.4 Å². The lowest BCUT2D eigenvalue weighted by molar-refractivity contribution is -0.383. The summed E-state index contributed by atoms with van der Waals surface area (Å²) in [7, 11) is 2.00. The zero-order chi connectivity index (χ0) is 13.8. The summed E-state index contributed by atoms with van der Waals surface area (Å²) >= 11 is 0. The van der Waals surface area contributed by atoms with Gasteiger partial charge in [-0.3, -0.25) is 10.1 Å². The number of hydrogen-bond acceptors (Lipinski definition) is 4. The van der Waals surface area contributed by atoms with E-state index >= 15 is 0 Å². The number of nitro groups is 1. The second-order valence-electron chi connectivity index (χ2n) is 4.49. The summed E-state index contributed by atoms with van der Waals surface area (Å²) in [5, 5.41) is 13.5. The van der Waals surface area contributed by atoms with E-state index in [1.807, 2.05) is 7.05 Å². The Morgan fingerprint density at radius 2 is 1.89 bits per heavy atom. The van der Waals surface area contributed by atoms with Gasteiger partial charge in [0, 0.05) is 32.2 Å². The van der Waals surface area contributed by atoms with Gasteiger partial charge in [0.05, 0.1) is 4.92 Å². The first-order valence-corrected chi connectivity index (χ1v) is 6.06. The highest BCUT2D eigenvalue weighted by molar-refractivity contribution is 5.91. The van der Waals surface area contributed by atoms with E-state index in [9.17, 15) is 14.9 Å². The Bertz CT molecular complexity index is 484. The Balaban J connectivity index is 2.05. The number of carbonyl (C=O) groups is 1. The summed E-state index contributed by atoms with van der Waals surface area (Å²) < 4.78 is 0. The number of amides is 2. The van der Waals surface area contributed by atoms with Crippen molar-refractivity contribution in [2.75, 3.05) is 38.5 Å². The number of rotatable bonds is 2. The summed E-state index contributed by atoms with van der Waals surface area (Å²) in [6, 6.07) is 5.85. The van der Waals surface area contributed by atoms with Gasteiger partial charge in [0.25, 0.3) is 5.69 Å². The molecule has 1 aliphatic rings. The fraction of sp³-hybridized carbons (Fsp3) is 0.417. The van der Waals surface area contributed by atoms with Crippen LogP contribution in [0.25, 0.3) is 0 Å². The van der Waals surface area contributed by atoms with Gasteiger partial charge in [0.2, 0.25) is 0 Å². The molecule has 1 saturated heterocycles. The fourth-order valence-corrected chi connectivity index (χ4v) is 1.94. The topological polar surface area (TPSA) is 78.7 Å². The molecule has 1 aromatic carbocycles. The molecule has 7 heteroatoms. The minimum absolute atomic E-state index is 0.0926. The molecule has 0 unspecified atom stereocenters. The van der Waals surface area contributed by atoms with Crippen molar-refractivity contribution >= 4 is 17.4 Å². The van der Waals surface area contributed by atoms with Crippen LogP contribution in [0.5, 0.6) is 0 Å². The number of piperazine rings is 1. The average Bonchev–Trinajstić information content (AvgIpc) is 2.39. The van der Waals surface area contributed by atoms with Crippen LogP contribution in [0.3, 0.4) is 0 Å². The lowest BCUT2D eigenvalue weighted by Gasteiger charge is -2.32. The average molecular weight is 264 g/mol. The van der Waals surface area contributed by atoms with E-state index in [1.165, 1.54) is 12.1 Å². The van der Waals surface area contributed by atoms with Crippen LogP contribution >= 0.6 is 0 Å². The van der Waals surface area contributed by atoms with Crippen LogP contribution in [0.2, 0.25) is 0 Å². The van der Waals surface area contributed by atoms with Crippen molar-refractivity contribution in [2.24, 2.45) is 0 Å². The van der Waals surface area contributed by atoms with Crippen LogP contribution in [0.15, 0.2) is 24.3 Å². The number of para-hydroxylation sites is 2. The van der Waals surface area contributed by atoms with Crippen LogP contribution < -0.4 is 5.32 Å². The predicted molar refractivity (Wildman–Crippen MR) is 71.2 cm³/mol. The number of nitro benzene ring substituents is 1. The summed E-state index contributed by atoms with van der Waals surface area (Å²) in [6.45, 7) is 2.88. The van der Waals surface area contributed by atoms with Gasteiger partial charge in [-0.2, -0.15) is 0 Å². The van der Waals surface area contributed by atoms with Gasteiger partial charge in [-0.1, -0.05) is 12.1 Å². The van der Waals surface area contributed by atoms with Gasteiger partial charge < -0.3 is 15.1 Å². The molecule has 2 rings (SSSR count). The van der Waals surface area contributed by atoms with Crippen LogP contribution in [0.1, 0.15) is 0 Å². The van der Waals surface area contributed by atoms with Crippen molar-refractivity contribution in [3.63, 3.8) is 0 Å². The molecule has 1 aromatic rings. The highest BCUT2D eigenvalue weighted by atomic mass is 16.6. The summed E-state index contributed by atoms with van der Waals surface area (Å²) in [4.78, 5) is 26.2. The molecule has 1 N–H and O–H groups in total. The molecule has 1 fully saturated rings. The molecule has 0 atom stereocenters. The zero-order valence-electron chi connectivity index (χ0n) is 10.7. The largest absolute Gasteiger partial charge is 0.322 e. The third-order valence-corrected chi connectivity index (χ3v) is 3.13. The van der Waals surface area contributed by atoms with E-state index in [0.717, 1.165) is 13.1 Å². The third kappa shape index (κ3) is 3.19. The Hall–Kier alpha value is -2.15. The minimum atomic E-state index is -0.500. The fourth-order valence-electron chi connectivity index (χ4n) is 1.94. The number of nitrogens with zero attached hydrogens (tertiary/aromatic N) is 3. The van der Waals surface area contributed by atoms with Crippen LogP contribution in [-0.4, -0.2) is 54.0 Å². The highest BCUT2D eigenvalue weighted by Crippen LogP contribution is 2.23. The summed E-state index contributed by atoms with van der Waals surface area (Å²) in [5.74, 6) is 0. The van der Waals surface area contributed by atoms with Crippen LogP contribution in [0.4, 0.5) is 16.2 Å². The normalized spacial score (nSPS) is 16.2. The summed E-state index contributed by atoms with van der Waals surface area (Å²) in [6.07, 6.45) is 0. The molecular weight excluding hydrogens is 248 g/mol. The SMILES string of the molecule is CN1CCN(C(=O)Nc2ccccc2[N+](=O)[O-])CC1. The maximum Gasteiger partial charge on any atom is 0.322 e. The molecule has 0 radical (unpaired) electrons. The van der Waals surface area contributed by atoms with E-state index in [4.69, 9.17) is 0 Å². The third-order valence-electron chi connectivity index (χ3n) is 3.13. The minimum Gasteiger partial charge on any atom is -0.322 e. The first-order chi connectivity index (χ1) is 9.08. The van der Waals surface area contributed by atoms with Crippen molar-refractivity contribution in [3.8, 4) is 0 Å². The van der Waals surface area contributed by atoms with Gasteiger partial charge in [-0.05, 0) is 13.1 Å². The molecular formula is C12H16N4O3. The number of benzene rings is 1. The van der Waals surface area contributed by atoms with Crippen LogP contribution in [-0.2, 0) is 0 Å². The van der Waals surface area contributed by atoms with Crippen molar-refractivity contribution in [2.45, 2.75) is 0 Å². The lowest BCUT2D eigenvalue weighted by atomic mass is 10.2. The number of hydrogen-bond donors (Lipinski definition) is 1. The van der Waals surface area contributed by atoms with Gasteiger partial charge in [-0.25, -0.2) is 4.79 Å². The molecule has 0 saturated carbocycles. The number of anilines is 1. The predicted octanol–water partition coefficient (Wildman–Crippen LogP) is 1.37. The molecule has 2 amide bonds. The van der Waals surface area contributed by atoms with E-state index in [1.54, 1.807) is 17.0 Å². The zero-order valence-corrected chi connectivity index (χ0v) is 10.7. The molecule has 1 aliphatic heterocycles. The quantitative estimate of drug-likeness (QED) is 0.646. The number of urea groups is 1. The molecule has 19 heavy (non-hydrogen) atoms.